The van der Waals surface area contributed by atoms with Crippen LogP contribution in [0.25, 0.3) is 0 Å². The van der Waals surface area contributed by atoms with Crippen LogP contribution < -0.4 is 4.90 Å². The van der Waals surface area contributed by atoms with E-state index in [0.29, 0.717) is 18.8 Å². The van der Waals surface area contributed by atoms with Crippen LogP contribution in [0.1, 0.15) is 12.0 Å². The SMILES string of the molecule is Cc1cc(Br)c(N2CC(CCl)CC2=O)c(Br)c1. The molecule has 5 heteroatoms. The van der Waals surface area contributed by atoms with Crippen molar-refractivity contribution < 1.29 is 4.79 Å². The summed E-state index contributed by atoms with van der Waals surface area (Å²) in [4.78, 5) is 13.8. The number of benzene rings is 1. The molecule has 0 bridgehead atoms. The van der Waals surface area contributed by atoms with Crippen molar-refractivity contribution in [3.8, 4) is 0 Å². The molecule has 1 fully saturated rings. The summed E-state index contributed by atoms with van der Waals surface area (Å²) in [5.74, 6) is 0.925. The molecule has 0 spiro atoms. The van der Waals surface area contributed by atoms with Gasteiger partial charge in [0.05, 0.1) is 5.69 Å². The minimum Gasteiger partial charge on any atom is -0.310 e. The van der Waals surface area contributed by atoms with Crippen LogP contribution in [0.4, 0.5) is 5.69 Å². The van der Waals surface area contributed by atoms with E-state index >= 15 is 0 Å². The number of amides is 1. The third-order valence-electron chi connectivity index (χ3n) is 2.85. The predicted octanol–water partition coefficient (Wildman–Crippen LogP) is 4.11. The van der Waals surface area contributed by atoms with Gasteiger partial charge in [-0.1, -0.05) is 0 Å². The van der Waals surface area contributed by atoms with Gasteiger partial charge in [-0.25, -0.2) is 0 Å². The third-order valence-corrected chi connectivity index (χ3v) is 4.50. The van der Waals surface area contributed by atoms with Crippen molar-refractivity contribution in [2.45, 2.75) is 13.3 Å². The Balaban J connectivity index is 2.38. The highest BCUT2D eigenvalue weighted by atomic mass is 79.9. The highest BCUT2D eigenvalue weighted by molar-refractivity contribution is 9.11. The Morgan fingerprint density at radius 3 is 2.47 bits per heavy atom. The van der Waals surface area contributed by atoms with Gasteiger partial charge in [0.1, 0.15) is 0 Å². The molecule has 1 saturated heterocycles. The summed E-state index contributed by atoms with van der Waals surface area (Å²) in [5.41, 5.74) is 2.06. The van der Waals surface area contributed by atoms with Crippen molar-refractivity contribution in [2.75, 3.05) is 17.3 Å². The van der Waals surface area contributed by atoms with Gasteiger partial charge >= 0.3 is 0 Å². The van der Waals surface area contributed by atoms with Crippen molar-refractivity contribution in [1.29, 1.82) is 0 Å². The van der Waals surface area contributed by atoms with Crippen LogP contribution >= 0.6 is 43.5 Å². The zero-order valence-electron chi connectivity index (χ0n) is 9.34. The van der Waals surface area contributed by atoms with Crippen LogP contribution in [-0.4, -0.2) is 18.3 Å². The first-order valence-corrected chi connectivity index (χ1v) is 7.47. The summed E-state index contributed by atoms with van der Waals surface area (Å²) < 4.78 is 1.88. The van der Waals surface area contributed by atoms with E-state index in [2.05, 4.69) is 31.9 Å². The fourth-order valence-corrected chi connectivity index (χ4v) is 4.10. The number of rotatable bonds is 2. The van der Waals surface area contributed by atoms with Gasteiger partial charge in [-0.15, -0.1) is 11.6 Å². The van der Waals surface area contributed by atoms with Gasteiger partial charge in [0.15, 0.2) is 0 Å². The molecule has 17 heavy (non-hydrogen) atoms. The van der Waals surface area contributed by atoms with E-state index in [1.165, 1.54) is 0 Å². The molecule has 2 rings (SSSR count). The Hall–Kier alpha value is -0.0600. The highest BCUT2D eigenvalue weighted by Gasteiger charge is 2.32. The molecule has 1 aliphatic rings. The van der Waals surface area contributed by atoms with Crippen molar-refractivity contribution in [3.05, 3.63) is 26.6 Å². The first-order chi connectivity index (χ1) is 8.02. The van der Waals surface area contributed by atoms with E-state index in [9.17, 15) is 4.79 Å². The summed E-state index contributed by atoms with van der Waals surface area (Å²) in [6.07, 6.45) is 0.538. The highest BCUT2D eigenvalue weighted by Crippen LogP contribution is 2.38. The number of alkyl halides is 1. The lowest BCUT2D eigenvalue weighted by atomic mass is 10.1. The van der Waals surface area contributed by atoms with E-state index in [1.54, 1.807) is 4.90 Å². The van der Waals surface area contributed by atoms with E-state index in [0.717, 1.165) is 20.2 Å². The zero-order valence-corrected chi connectivity index (χ0v) is 13.3. The Bertz CT molecular complexity index is 441. The fourth-order valence-electron chi connectivity index (χ4n) is 2.05. The normalized spacial score (nSPS) is 20.1. The summed E-state index contributed by atoms with van der Waals surface area (Å²) in [6.45, 7) is 2.72. The van der Waals surface area contributed by atoms with Crippen molar-refractivity contribution in [3.63, 3.8) is 0 Å². The number of nitrogens with zero attached hydrogens (tertiary/aromatic N) is 1. The van der Waals surface area contributed by atoms with Crippen LogP contribution in [0, 0.1) is 12.8 Å². The molecule has 1 amide bonds. The van der Waals surface area contributed by atoms with Crippen LogP contribution in [0.2, 0.25) is 0 Å². The fraction of sp³-hybridized carbons (Fsp3) is 0.417. The maximum Gasteiger partial charge on any atom is 0.227 e. The summed E-state index contributed by atoms with van der Waals surface area (Å²) in [5, 5.41) is 0. The molecule has 0 radical (unpaired) electrons. The van der Waals surface area contributed by atoms with Crippen LogP contribution in [0.3, 0.4) is 0 Å². The average molecular weight is 381 g/mol. The smallest absolute Gasteiger partial charge is 0.227 e. The largest absolute Gasteiger partial charge is 0.310 e. The summed E-state index contributed by atoms with van der Waals surface area (Å²) in [7, 11) is 0. The maximum absolute atomic E-state index is 12.0. The van der Waals surface area contributed by atoms with Gasteiger partial charge in [-0.3, -0.25) is 4.79 Å². The van der Waals surface area contributed by atoms with Crippen LogP contribution in [0.5, 0.6) is 0 Å². The number of carbonyl (C=O) groups is 1. The summed E-state index contributed by atoms with van der Waals surface area (Å²) in [6, 6.07) is 4.03. The Labute approximate surface area is 123 Å². The molecule has 2 nitrogen and oxygen atoms in total. The lowest BCUT2D eigenvalue weighted by molar-refractivity contribution is -0.117. The second-order valence-corrected chi connectivity index (χ2v) is 6.32. The van der Waals surface area contributed by atoms with E-state index in [1.807, 2.05) is 19.1 Å². The number of halogens is 3. The lowest BCUT2D eigenvalue weighted by Gasteiger charge is -2.20. The van der Waals surface area contributed by atoms with Gasteiger partial charge in [0.25, 0.3) is 0 Å². The molecule has 1 unspecified atom stereocenters. The number of aryl methyl sites for hydroxylation is 1. The van der Waals surface area contributed by atoms with Gasteiger partial charge in [0, 0.05) is 27.8 Å². The van der Waals surface area contributed by atoms with E-state index in [4.69, 9.17) is 11.6 Å². The molecule has 0 aliphatic carbocycles. The molecule has 1 aromatic rings. The lowest BCUT2D eigenvalue weighted by Crippen LogP contribution is -2.25. The summed E-state index contributed by atoms with van der Waals surface area (Å²) >= 11 is 12.9. The minimum absolute atomic E-state index is 0.140. The molecule has 1 atom stereocenters. The second-order valence-electron chi connectivity index (χ2n) is 4.31. The van der Waals surface area contributed by atoms with Crippen molar-refractivity contribution in [2.24, 2.45) is 5.92 Å². The predicted molar refractivity (Wildman–Crippen MR) is 77.8 cm³/mol. The first-order valence-electron chi connectivity index (χ1n) is 5.35. The number of anilines is 1. The number of hydrogen-bond donors (Lipinski definition) is 0. The Morgan fingerprint density at radius 2 is 2.00 bits per heavy atom. The molecule has 1 heterocycles. The van der Waals surface area contributed by atoms with Crippen LogP contribution in [0.15, 0.2) is 21.1 Å². The number of carbonyl (C=O) groups excluding carboxylic acids is 1. The van der Waals surface area contributed by atoms with E-state index < -0.39 is 0 Å². The van der Waals surface area contributed by atoms with Crippen molar-refractivity contribution in [1.82, 2.24) is 0 Å². The Kier molecular flexibility index (Phi) is 4.16. The molecule has 1 aromatic carbocycles. The standard InChI is InChI=1S/C12H12Br2ClNO/c1-7-2-9(13)12(10(14)3-7)16-6-8(5-15)4-11(16)17/h2-3,8H,4-6H2,1H3. The first kappa shape index (κ1) is 13.4. The molecule has 0 saturated carbocycles. The van der Waals surface area contributed by atoms with Crippen molar-refractivity contribution >= 4 is 55.1 Å². The second kappa shape index (κ2) is 5.29. The molecular weight excluding hydrogens is 369 g/mol. The van der Waals surface area contributed by atoms with Crippen LogP contribution in [-0.2, 0) is 4.79 Å². The van der Waals surface area contributed by atoms with Gasteiger partial charge in [-0.05, 0) is 62.4 Å². The van der Waals surface area contributed by atoms with E-state index in [-0.39, 0.29) is 11.8 Å². The molecule has 0 N–H and O–H groups in total. The zero-order chi connectivity index (χ0) is 12.6. The Morgan fingerprint density at radius 1 is 1.41 bits per heavy atom. The molecule has 1 aliphatic heterocycles. The van der Waals surface area contributed by atoms with Gasteiger partial charge < -0.3 is 4.90 Å². The average Bonchev–Trinajstić information content (AvgIpc) is 2.59. The number of hydrogen-bond acceptors (Lipinski definition) is 1. The van der Waals surface area contributed by atoms with Gasteiger partial charge in [0.2, 0.25) is 5.91 Å². The minimum atomic E-state index is 0.140. The monoisotopic (exact) mass is 379 g/mol. The molecular formula is C12H12Br2ClNO. The molecule has 92 valence electrons. The topological polar surface area (TPSA) is 20.3 Å². The molecule has 0 aromatic heterocycles. The van der Waals surface area contributed by atoms with Gasteiger partial charge in [-0.2, -0.15) is 0 Å². The maximum atomic E-state index is 12.0. The third kappa shape index (κ3) is 2.69. The quantitative estimate of drug-likeness (QED) is 0.706.